The Morgan fingerprint density at radius 1 is 0.115 bits per heavy atom. The summed E-state index contributed by atoms with van der Waals surface area (Å²) in [6.07, 6.45) is 115. The van der Waals surface area contributed by atoms with Crippen molar-refractivity contribution in [3.8, 4) is 0 Å². The lowest BCUT2D eigenvalue weighted by atomic mass is 9.69. The van der Waals surface area contributed by atoms with Crippen LogP contribution in [-0.2, 0) is 0 Å². The van der Waals surface area contributed by atoms with E-state index in [0.29, 0.717) is 0 Å². The normalized spacial score (nSPS) is 26.4. The van der Waals surface area contributed by atoms with Crippen LogP contribution < -0.4 is 0 Å². The first-order valence-electron chi connectivity index (χ1n) is 43.2. The van der Waals surface area contributed by atoms with E-state index in [-0.39, 0.29) is 0 Å². The summed E-state index contributed by atoms with van der Waals surface area (Å²) in [5.74, 6) is 13.3. The molecule has 13 aliphatic rings. The van der Waals surface area contributed by atoms with Gasteiger partial charge in [0.25, 0.3) is 0 Å². The Labute approximate surface area is 549 Å². The summed E-state index contributed by atoms with van der Waals surface area (Å²) < 4.78 is 0. The highest BCUT2D eigenvalue weighted by Gasteiger charge is 2.33. The molecule has 0 radical (unpaired) electrons. The van der Waals surface area contributed by atoms with Gasteiger partial charge in [0, 0.05) is 0 Å². The van der Waals surface area contributed by atoms with Crippen LogP contribution in [0, 0.1) is 71.0 Å². The van der Waals surface area contributed by atoms with Crippen molar-refractivity contribution in [1.29, 1.82) is 0 Å². The molecular weight excluding hydrogens is 1040 g/mol. The summed E-state index contributed by atoms with van der Waals surface area (Å²) in [4.78, 5) is 0. The molecule has 0 N–H and O–H groups in total. The molecule has 13 aliphatic carbocycles. The Kier molecular flexibility index (Phi) is 43.1. The minimum atomic E-state index is 1.11. The molecule has 0 aromatic heterocycles. The van der Waals surface area contributed by atoms with Gasteiger partial charge in [-0.1, -0.05) is 443 Å². The van der Waals surface area contributed by atoms with Gasteiger partial charge in [-0.25, -0.2) is 0 Å². The van der Waals surface area contributed by atoms with Crippen molar-refractivity contribution in [1.82, 2.24) is 0 Å². The van der Waals surface area contributed by atoms with E-state index in [0.717, 1.165) is 71.0 Å². The predicted molar refractivity (Wildman–Crippen MR) is 388 cm³/mol. The Hall–Kier alpha value is 0. The van der Waals surface area contributed by atoms with Crippen LogP contribution in [0.25, 0.3) is 0 Å². The van der Waals surface area contributed by atoms with Crippen LogP contribution in [-0.4, -0.2) is 0 Å². The van der Waals surface area contributed by atoms with Crippen LogP contribution in [0.3, 0.4) is 0 Å². The van der Waals surface area contributed by atoms with Crippen LogP contribution >= 0.6 is 0 Å². The molecule has 0 heteroatoms. The molecule has 0 bridgehead atoms. The molecule has 0 aromatic carbocycles. The molecule has 13 rings (SSSR count). The first-order valence-corrected chi connectivity index (χ1v) is 43.2. The Bertz CT molecular complexity index is 1150. The molecule has 13 fully saturated rings. The van der Waals surface area contributed by atoms with E-state index in [4.69, 9.17) is 0 Å². The lowest BCUT2D eigenvalue weighted by molar-refractivity contribution is 0.149. The molecule has 0 amide bonds. The predicted octanol–water partition coefficient (Wildman–Crippen LogP) is 30.7. The fourth-order valence-electron chi connectivity index (χ4n) is 21.6. The maximum atomic E-state index is 1.61. The van der Waals surface area contributed by atoms with Gasteiger partial charge in [0.2, 0.25) is 0 Å². The molecule has 0 aromatic rings. The van der Waals surface area contributed by atoms with Gasteiger partial charge in [-0.3, -0.25) is 0 Å². The Morgan fingerprint density at radius 2 is 0.207 bits per heavy atom. The first kappa shape index (κ1) is 74.4. The minimum Gasteiger partial charge on any atom is -0.0533 e. The third-order valence-corrected chi connectivity index (χ3v) is 27.1. The van der Waals surface area contributed by atoms with E-state index in [1.54, 1.807) is 154 Å². The highest BCUT2D eigenvalue weighted by atomic mass is 14.4. The summed E-state index contributed by atoms with van der Waals surface area (Å²) in [7, 11) is 0. The van der Waals surface area contributed by atoms with Crippen molar-refractivity contribution in [3.05, 3.63) is 0 Å². The molecule has 0 saturated heterocycles. The second-order valence-electron chi connectivity index (χ2n) is 34.4. The third-order valence-electron chi connectivity index (χ3n) is 27.1. The van der Waals surface area contributed by atoms with Gasteiger partial charge in [-0.05, 0) is 110 Å². The van der Waals surface area contributed by atoms with Gasteiger partial charge < -0.3 is 0 Å². The largest absolute Gasteiger partial charge is 0.0533 e. The fraction of sp³-hybridized carbons (Fsp3) is 1.00. The molecule has 87 heavy (non-hydrogen) atoms. The van der Waals surface area contributed by atoms with Crippen molar-refractivity contribution in [3.63, 3.8) is 0 Å². The maximum absolute atomic E-state index is 1.61. The summed E-state index contributed by atoms with van der Waals surface area (Å²) in [5, 5.41) is 0. The Morgan fingerprint density at radius 3 is 0.322 bits per heavy atom. The van der Waals surface area contributed by atoms with E-state index in [1.165, 1.54) is 327 Å². The van der Waals surface area contributed by atoms with Gasteiger partial charge in [0.15, 0.2) is 0 Å². The van der Waals surface area contributed by atoms with Crippen molar-refractivity contribution >= 4 is 0 Å². The average molecular weight is 1210 g/mol. The van der Waals surface area contributed by atoms with Crippen molar-refractivity contribution in [2.24, 2.45) is 71.0 Å². The zero-order chi connectivity index (χ0) is 60.0. The minimum absolute atomic E-state index is 1.11. The summed E-state index contributed by atoms with van der Waals surface area (Å²) in [6.45, 7) is 0. The van der Waals surface area contributed by atoms with Crippen molar-refractivity contribution < 1.29 is 0 Å². The van der Waals surface area contributed by atoms with Gasteiger partial charge in [-0.15, -0.1) is 0 Å². The number of hydrogen-bond acceptors (Lipinski definition) is 0. The molecule has 0 spiro atoms. The van der Waals surface area contributed by atoms with Crippen molar-refractivity contribution in [2.45, 2.75) is 482 Å². The highest BCUT2D eigenvalue weighted by molar-refractivity contribution is 4.85. The van der Waals surface area contributed by atoms with Crippen molar-refractivity contribution in [2.75, 3.05) is 0 Å². The van der Waals surface area contributed by atoms with Crippen LogP contribution in [0.2, 0.25) is 0 Å². The molecule has 0 heterocycles. The number of hydrogen-bond donors (Lipinski definition) is 0. The molecular formula is C87H162. The van der Waals surface area contributed by atoms with Crippen LogP contribution in [0.15, 0.2) is 0 Å². The second kappa shape index (κ2) is 50.4. The van der Waals surface area contributed by atoms with E-state index < -0.39 is 0 Å². The summed E-state index contributed by atoms with van der Waals surface area (Å²) >= 11 is 0. The molecule has 0 atom stereocenters. The molecule has 0 unspecified atom stereocenters. The topological polar surface area (TPSA) is 0 Å². The summed E-state index contributed by atoms with van der Waals surface area (Å²) in [6, 6.07) is 0. The van der Waals surface area contributed by atoms with Gasteiger partial charge in [0.1, 0.15) is 0 Å². The van der Waals surface area contributed by atoms with Crippen LogP contribution in [0.1, 0.15) is 482 Å². The average Bonchev–Trinajstić information content (AvgIpc) is 3.79. The zero-order valence-corrected chi connectivity index (χ0v) is 60.0. The van der Waals surface area contributed by atoms with E-state index in [2.05, 4.69) is 0 Å². The lowest BCUT2D eigenvalue weighted by Crippen LogP contribution is -2.25. The quantitative estimate of drug-likeness (QED) is 0.153. The van der Waals surface area contributed by atoms with E-state index in [9.17, 15) is 0 Å². The number of rotatable bonds is 15. The zero-order valence-electron chi connectivity index (χ0n) is 60.0. The van der Waals surface area contributed by atoms with Gasteiger partial charge >= 0.3 is 0 Å². The van der Waals surface area contributed by atoms with E-state index >= 15 is 0 Å². The van der Waals surface area contributed by atoms with Gasteiger partial charge in [-0.2, -0.15) is 0 Å². The molecule has 0 aliphatic heterocycles. The van der Waals surface area contributed by atoms with E-state index in [1.807, 2.05) is 0 Å². The molecule has 13 saturated carbocycles. The highest BCUT2D eigenvalue weighted by Crippen LogP contribution is 2.46. The van der Waals surface area contributed by atoms with Crippen LogP contribution in [0.4, 0.5) is 0 Å². The van der Waals surface area contributed by atoms with Gasteiger partial charge in [0.05, 0.1) is 0 Å². The molecule has 510 valence electrons. The molecule has 0 nitrogen and oxygen atoms in total. The van der Waals surface area contributed by atoms with Crippen LogP contribution in [0.5, 0.6) is 0 Å². The maximum Gasteiger partial charge on any atom is -0.0381 e. The Balaban J connectivity index is 0.000000156. The summed E-state index contributed by atoms with van der Waals surface area (Å²) in [5.41, 5.74) is 0. The fourth-order valence-corrected chi connectivity index (χ4v) is 21.6. The smallest absolute Gasteiger partial charge is 0.0381 e. The first-order chi connectivity index (χ1) is 43.2. The monoisotopic (exact) mass is 1210 g/mol. The lowest BCUT2D eigenvalue weighted by Gasteiger charge is -2.37. The second-order valence-corrected chi connectivity index (χ2v) is 34.4. The SMILES string of the molecule is C1CCC(CC(CC2CCCCC2)C2CCCCC2)CC1.C1CCC(CC(CC2CCCCC2)C2CCCCC2)CC1.C1CCC(CC(CC2CCCCC2)C2CCCCC2)CC1.C1CCCCC1.C1CCCCC1.C1CCCCC1.C1CCCCC1. The third kappa shape index (κ3) is 34.8. The standard InChI is InChI=1S/3C21H38.4C6H12/c3*1-4-10-18(11-5-1)16-21(20-14-8-3-9-15-20)17-19-12-6-2-7-13-19;4*1-2-4-6-5-3-1/h3*18-21H,1-17H2;4*1-6H2.